The molecule has 0 bridgehead atoms. The Morgan fingerprint density at radius 2 is 1.96 bits per heavy atom. The Labute approximate surface area is 144 Å². The molecule has 0 unspecified atom stereocenters. The predicted octanol–water partition coefficient (Wildman–Crippen LogP) is 2.77. The Balaban J connectivity index is 1.96. The van der Waals surface area contributed by atoms with Gasteiger partial charge in [0.05, 0.1) is 11.0 Å². The number of aromatic nitrogens is 2. The number of hydrogen-bond acceptors (Lipinski definition) is 4. The predicted molar refractivity (Wildman–Crippen MR) is 96.3 cm³/mol. The highest BCUT2D eigenvalue weighted by Crippen LogP contribution is 2.35. The first-order valence-electron chi connectivity index (χ1n) is 8.79. The van der Waals surface area contributed by atoms with Crippen molar-refractivity contribution in [2.75, 3.05) is 6.61 Å². The van der Waals surface area contributed by atoms with E-state index in [1.807, 2.05) is 13.8 Å². The summed E-state index contributed by atoms with van der Waals surface area (Å²) in [6, 6.07) is -0.0801. The van der Waals surface area contributed by atoms with Crippen molar-refractivity contribution in [1.29, 1.82) is 0 Å². The molecule has 2 aliphatic rings. The Hall–Kier alpha value is -1.40. The molecule has 3 heterocycles. The van der Waals surface area contributed by atoms with Gasteiger partial charge in [-0.2, -0.15) is 0 Å². The van der Waals surface area contributed by atoms with Crippen LogP contribution in [-0.2, 0) is 24.6 Å². The van der Waals surface area contributed by atoms with E-state index in [-0.39, 0.29) is 22.9 Å². The fourth-order valence-corrected chi connectivity index (χ4v) is 5.54. The first kappa shape index (κ1) is 16.1. The SMILES string of the molecule is Cn1c(=O)n([C@@H]2CCOC(C)(C)C2)c(=O)c2c3c(sc21)CCCC3. The minimum atomic E-state index is -0.295. The van der Waals surface area contributed by atoms with Crippen LogP contribution in [0.4, 0.5) is 0 Å². The second-order valence-corrected chi connectivity index (χ2v) is 8.75. The van der Waals surface area contributed by atoms with Gasteiger partial charge < -0.3 is 4.74 Å². The van der Waals surface area contributed by atoms with Crippen LogP contribution < -0.4 is 11.2 Å². The average Bonchev–Trinajstić information content (AvgIpc) is 2.92. The van der Waals surface area contributed by atoms with E-state index in [2.05, 4.69) is 0 Å². The summed E-state index contributed by atoms with van der Waals surface area (Å²) >= 11 is 1.63. The van der Waals surface area contributed by atoms with Crippen molar-refractivity contribution in [2.24, 2.45) is 7.05 Å². The molecule has 6 heteroatoms. The van der Waals surface area contributed by atoms with Crippen LogP contribution in [0.3, 0.4) is 0 Å². The van der Waals surface area contributed by atoms with Crippen LogP contribution in [0.25, 0.3) is 10.2 Å². The Kier molecular flexibility index (Phi) is 3.73. The van der Waals surface area contributed by atoms with Crippen LogP contribution in [0.15, 0.2) is 9.59 Å². The fourth-order valence-electron chi connectivity index (χ4n) is 4.21. The molecule has 0 radical (unpaired) electrons. The van der Waals surface area contributed by atoms with Gasteiger partial charge in [-0.15, -0.1) is 11.3 Å². The first-order valence-corrected chi connectivity index (χ1v) is 9.60. The molecule has 1 aliphatic carbocycles. The van der Waals surface area contributed by atoms with Gasteiger partial charge in [0.25, 0.3) is 5.56 Å². The smallest absolute Gasteiger partial charge is 0.332 e. The van der Waals surface area contributed by atoms with Crippen molar-refractivity contribution in [2.45, 2.75) is 64.0 Å². The van der Waals surface area contributed by atoms with E-state index in [9.17, 15) is 9.59 Å². The van der Waals surface area contributed by atoms with Gasteiger partial charge in [-0.1, -0.05) is 0 Å². The lowest BCUT2D eigenvalue weighted by molar-refractivity contribution is -0.0701. The quantitative estimate of drug-likeness (QED) is 0.796. The maximum Gasteiger partial charge on any atom is 0.332 e. The van der Waals surface area contributed by atoms with E-state index >= 15 is 0 Å². The normalized spacial score (nSPS) is 23.4. The number of nitrogens with zero attached hydrogens (tertiary/aromatic N) is 2. The van der Waals surface area contributed by atoms with E-state index < -0.39 is 0 Å². The van der Waals surface area contributed by atoms with Gasteiger partial charge in [0, 0.05) is 24.6 Å². The summed E-state index contributed by atoms with van der Waals surface area (Å²) in [5, 5.41) is 0.793. The lowest BCUT2D eigenvalue weighted by Gasteiger charge is -2.36. The molecule has 1 fully saturated rings. The molecule has 1 saturated heterocycles. The summed E-state index contributed by atoms with van der Waals surface area (Å²) in [6.07, 6.45) is 5.71. The van der Waals surface area contributed by atoms with Gasteiger partial charge >= 0.3 is 5.69 Å². The van der Waals surface area contributed by atoms with Gasteiger partial charge in [0.1, 0.15) is 4.83 Å². The number of ether oxygens (including phenoxy) is 1. The molecule has 4 rings (SSSR count). The van der Waals surface area contributed by atoms with Crippen LogP contribution in [-0.4, -0.2) is 21.3 Å². The second kappa shape index (κ2) is 5.56. The zero-order chi connectivity index (χ0) is 17.1. The molecular formula is C18H24N2O3S. The first-order chi connectivity index (χ1) is 11.4. The van der Waals surface area contributed by atoms with Crippen LogP contribution in [0.1, 0.15) is 56.0 Å². The van der Waals surface area contributed by atoms with Crippen molar-refractivity contribution >= 4 is 21.6 Å². The van der Waals surface area contributed by atoms with Gasteiger partial charge in [0.15, 0.2) is 0 Å². The van der Waals surface area contributed by atoms with Gasteiger partial charge in [-0.3, -0.25) is 13.9 Å². The Morgan fingerprint density at radius 1 is 1.21 bits per heavy atom. The maximum atomic E-state index is 13.3. The summed E-state index contributed by atoms with van der Waals surface area (Å²) in [5.74, 6) is 0. The Bertz CT molecular complexity index is 919. The van der Waals surface area contributed by atoms with Crippen LogP contribution in [0, 0.1) is 0 Å². The highest BCUT2D eigenvalue weighted by atomic mass is 32.1. The number of fused-ring (bicyclic) bond motifs is 3. The lowest BCUT2D eigenvalue weighted by atomic mass is 9.93. The summed E-state index contributed by atoms with van der Waals surface area (Å²) < 4.78 is 8.96. The molecule has 2 aromatic heterocycles. The third kappa shape index (κ3) is 2.39. The van der Waals surface area contributed by atoms with Crippen molar-refractivity contribution in [3.05, 3.63) is 31.3 Å². The van der Waals surface area contributed by atoms with E-state index in [1.54, 1.807) is 23.0 Å². The average molecular weight is 348 g/mol. The van der Waals surface area contributed by atoms with E-state index in [0.29, 0.717) is 13.0 Å². The highest BCUT2D eigenvalue weighted by Gasteiger charge is 2.33. The standard InChI is InChI=1S/C18H24N2O3S/c1-18(2)10-11(8-9-23-18)20-15(21)14-12-6-4-5-7-13(12)24-16(14)19(3)17(20)22/h11H,4-10H2,1-3H3/t11-/m1/s1. The van der Waals surface area contributed by atoms with Crippen LogP contribution in [0.2, 0.25) is 0 Å². The van der Waals surface area contributed by atoms with Gasteiger partial charge in [-0.05, 0) is 57.9 Å². The molecule has 0 saturated carbocycles. The molecule has 1 aliphatic heterocycles. The van der Waals surface area contributed by atoms with Crippen molar-refractivity contribution in [3.8, 4) is 0 Å². The number of thiophene rings is 1. The topological polar surface area (TPSA) is 53.2 Å². The molecule has 0 N–H and O–H groups in total. The zero-order valence-corrected chi connectivity index (χ0v) is 15.4. The molecule has 5 nitrogen and oxygen atoms in total. The molecular weight excluding hydrogens is 324 g/mol. The maximum absolute atomic E-state index is 13.3. The zero-order valence-electron chi connectivity index (χ0n) is 14.6. The molecule has 0 aromatic carbocycles. The fraction of sp³-hybridized carbons (Fsp3) is 0.667. The monoisotopic (exact) mass is 348 g/mol. The molecule has 24 heavy (non-hydrogen) atoms. The summed E-state index contributed by atoms with van der Waals surface area (Å²) in [4.78, 5) is 28.3. The van der Waals surface area contributed by atoms with Crippen molar-refractivity contribution in [3.63, 3.8) is 0 Å². The number of aryl methyl sites for hydroxylation is 3. The molecule has 130 valence electrons. The van der Waals surface area contributed by atoms with Gasteiger partial charge in [-0.25, -0.2) is 4.79 Å². The van der Waals surface area contributed by atoms with E-state index in [4.69, 9.17) is 4.74 Å². The van der Waals surface area contributed by atoms with Crippen LogP contribution >= 0.6 is 11.3 Å². The van der Waals surface area contributed by atoms with Crippen molar-refractivity contribution < 1.29 is 4.74 Å². The Morgan fingerprint density at radius 3 is 2.71 bits per heavy atom. The third-order valence-corrected chi connectivity index (χ3v) is 6.79. The van der Waals surface area contributed by atoms with Crippen LogP contribution in [0.5, 0.6) is 0 Å². The summed E-state index contributed by atoms with van der Waals surface area (Å²) in [7, 11) is 1.80. The van der Waals surface area contributed by atoms with E-state index in [0.717, 1.165) is 35.9 Å². The minimum Gasteiger partial charge on any atom is -0.375 e. The largest absolute Gasteiger partial charge is 0.375 e. The molecule has 1 atom stereocenters. The lowest BCUT2D eigenvalue weighted by Crippen LogP contribution is -2.46. The third-order valence-electron chi connectivity index (χ3n) is 5.42. The highest BCUT2D eigenvalue weighted by molar-refractivity contribution is 7.18. The molecule has 2 aromatic rings. The summed E-state index contributed by atoms with van der Waals surface area (Å²) in [5.41, 5.74) is 0.627. The summed E-state index contributed by atoms with van der Waals surface area (Å²) in [6.45, 7) is 4.65. The van der Waals surface area contributed by atoms with E-state index in [1.165, 1.54) is 21.4 Å². The minimum absolute atomic E-state index is 0.0801. The molecule has 0 amide bonds. The van der Waals surface area contributed by atoms with Crippen molar-refractivity contribution in [1.82, 2.24) is 9.13 Å². The molecule has 0 spiro atoms. The number of hydrogen-bond donors (Lipinski definition) is 0. The number of rotatable bonds is 1. The van der Waals surface area contributed by atoms with Gasteiger partial charge in [0.2, 0.25) is 0 Å². The second-order valence-electron chi connectivity index (χ2n) is 7.66.